The number of hydrogen-bond acceptors (Lipinski definition) is 5. The Labute approximate surface area is 154 Å². The summed E-state index contributed by atoms with van der Waals surface area (Å²) < 4.78 is 5.20. The standard InChI is InChI=1S/C19H14ClN3OS/c1-24-16-9-8-12(11-14(16)20)21-18-13-5-2-3-6-15(13)22-19(23-18)17-7-4-10-25-17/h2-11H,1H3,(H,21,22,23). The van der Waals surface area contributed by atoms with E-state index in [2.05, 4.69) is 10.3 Å². The van der Waals surface area contributed by atoms with E-state index in [0.29, 0.717) is 16.6 Å². The zero-order chi connectivity index (χ0) is 17.2. The van der Waals surface area contributed by atoms with Crippen molar-refractivity contribution in [2.75, 3.05) is 12.4 Å². The summed E-state index contributed by atoms with van der Waals surface area (Å²) in [5.41, 5.74) is 1.73. The van der Waals surface area contributed by atoms with Gasteiger partial charge in [-0.1, -0.05) is 29.8 Å². The lowest BCUT2D eigenvalue weighted by atomic mass is 10.2. The minimum absolute atomic E-state index is 0.546. The Kier molecular flexibility index (Phi) is 4.26. The number of aromatic nitrogens is 2. The minimum Gasteiger partial charge on any atom is -0.495 e. The molecule has 0 saturated heterocycles. The van der Waals surface area contributed by atoms with Crippen LogP contribution in [0.4, 0.5) is 11.5 Å². The van der Waals surface area contributed by atoms with Crippen molar-refractivity contribution in [3.8, 4) is 16.5 Å². The van der Waals surface area contributed by atoms with Crippen molar-refractivity contribution in [2.24, 2.45) is 0 Å². The first kappa shape index (κ1) is 15.9. The van der Waals surface area contributed by atoms with Crippen LogP contribution >= 0.6 is 22.9 Å². The minimum atomic E-state index is 0.546. The third kappa shape index (κ3) is 3.16. The summed E-state index contributed by atoms with van der Waals surface area (Å²) in [5.74, 6) is 2.09. The predicted octanol–water partition coefficient (Wildman–Crippen LogP) is 5.76. The van der Waals surface area contributed by atoms with Crippen molar-refractivity contribution in [3.63, 3.8) is 0 Å². The van der Waals surface area contributed by atoms with Crippen molar-refractivity contribution >= 4 is 45.3 Å². The lowest BCUT2D eigenvalue weighted by Gasteiger charge is -2.11. The predicted molar refractivity (Wildman–Crippen MR) is 104 cm³/mol. The van der Waals surface area contributed by atoms with E-state index in [1.807, 2.05) is 60.0 Å². The molecule has 0 aliphatic rings. The molecule has 4 rings (SSSR count). The molecule has 0 amide bonds. The Bertz CT molecular complexity index is 1030. The molecule has 0 radical (unpaired) electrons. The van der Waals surface area contributed by atoms with Crippen LogP contribution in [0.25, 0.3) is 21.6 Å². The first-order chi connectivity index (χ1) is 12.2. The molecule has 1 N–H and O–H groups in total. The number of benzene rings is 2. The fourth-order valence-corrected chi connectivity index (χ4v) is 3.48. The van der Waals surface area contributed by atoms with Crippen LogP contribution in [0.1, 0.15) is 0 Å². The van der Waals surface area contributed by atoms with Gasteiger partial charge >= 0.3 is 0 Å². The summed E-state index contributed by atoms with van der Waals surface area (Å²) in [6.07, 6.45) is 0. The molecule has 0 aliphatic heterocycles. The summed E-state index contributed by atoms with van der Waals surface area (Å²) >= 11 is 7.85. The Morgan fingerprint density at radius 2 is 1.92 bits per heavy atom. The lowest BCUT2D eigenvalue weighted by molar-refractivity contribution is 0.415. The number of fused-ring (bicyclic) bond motifs is 1. The smallest absolute Gasteiger partial charge is 0.172 e. The maximum Gasteiger partial charge on any atom is 0.172 e. The molecule has 124 valence electrons. The first-order valence-electron chi connectivity index (χ1n) is 7.66. The average molecular weight is 368 g/mol. The van der Waals surface area contributed by atoms with Gasteiger partial charge in [0.1, 0.15) is 11.6 Å². The van der Waals surface area contributed by atoms with Crippen LogP contribution in [0.2, 0.25) is 5.02 Å². The van der Waals surface area contributed by atoms with Gasteiger partial charge in [-0.05, 0) is 41.8 Å². The third-order valence-electron chi connectivity index (χ3n) is 3.76. The van der Waals surface area contributed by atoms with Crippen LogP contribution in [-0.2, 0) is 0 Å². The highest BCUT2D eigenvalue weighted by molar-refractivity contribution is 7.13. The van der Waals surface area contributed by atoms with Gasteiger partial charge in [0.2, 0.25) is 0 Å². The summed E-state index contributed by atoms with van der Waals surface area (Å²) in [6.45, 7) is 0. The molecule has 4 aromatic rings. The fraction of sp³-hybridized carbons (Fsp3) is 0.0526. The fourth-order valence-electron chi connectivity index (χ4n) is 2.57. The quantitative estimate of drug-likeness (QED) is 0.497. The molecule has 6 heteroatoms. The van der Waals surface area contributed by atoms with Gasteiger partial charge < -0.3 is 10.1 Å². The first-order valence-corrected chi connectivity index (χ1v) is 8.91. The molecule has 2 heterocycles. The molecule has 0 aliphatic carbocycles. The summed E-state index contributed by atoms with van der Waals surface area (Å²) in [4.78, 5) is 10.4. The maximum atomic E-state index is 6.23. The van der Waals surface area contributed by atoms with E-state index in [4.69, 9.17) is 21.3 Å². The van der Waals surface area contributed by atoms with E-state index in [0.717, 1.165) is 27.3 Å². The molecule has 2 aromatic heterocycles. The van der Waals surface area contributed by atoms with Gasteiger partial charge in [-0.3, -0.25) is 0 Å². The Morgan fingerprint density at radius 1 is 1.04 bits per heavy atom. The lowest BCUT2D eigenvalue weighted by Crippen LogP contribution is -1.99. The highest BCUT2D eigenvalue weighted by Gasteiger charge is 2.11. The van der Waals surface area contributed by atoms with E-state index in [-0.39, 0.29) is 0 Å². The molecule has 0 spiro atoms. The summed E-state index contributed by atoms with van der Waals surface area (Å²) in [6, 6.07) is 17.5. The molecule has 0 saturated carbocycles. The molecule has 25 heavy (non-hydrogen) atoms. The zero-order valence-corrected chi connectivity index (χ0v) is 14.9. The molecule has 0 bridgehead atoms. The molecular formula is C19H14ClN3OS. The van der Waals surface area contributed by atoms with Crippen molar-refractivity contribution in [1.29, 1.82) is 0 Å². The van der Waals surface area contributed by atoms with Gasteiger partial charge in [0.05, 0.1) is 22.5 Å². The van der Waals surface area contributed by atoms with E-state index < -0.39 is 0 Å². The van der Waals surface area contributed by atoms with Crippen molar-refractivity contribution in [1.82, 2.24) is 9.97 Å². The zero-order valence-electron chi connectivity index (χ0n) is 13.4. The molecule has 0 fully saturated rings. The number of ether oxygens (including phenoxy) is 1. The number of nitrogens with one attached hydrogen (secondary N) is 1. The highest BCUT2D eigenvalue weighted by Crippen LogP contribution is 2.32. The number of anilines is 2. The second kappa shape index (κ2) is 6.70. The number of halogens is 1. The van der Waals surface area contributed by atoms with Gasteiger partial charge in [-0.2, -0.15) is 0 Å². The molecule has 0 unspecified atom stereocenters. The molecule has 0 atom stereocenters. The number of thiophene rings is 1. The van der Waals surface area contributed by atoms with Crippen molar-refractivity contribution in [3.05, 3.63) is 65.0 Å². The van der Waals surface area contributed by atoms with E-state index in [1.165, 1.54) is 0 Å². The number of nitrogens with zero attached hydrogens (tertiary/aromatic N) is 2. The van der Waals surface area contributed by atoms with Crippen molar-refractivity contribution < 1.29 is 4.74 Å². The van der Waals surface area contributed by atoms with Crippen LogP contribution in [0.15, 0.2) is 60.0 Å². The molecular weight excluding hydrogens is 354 g/mol. The second-order valence-electron chi connectivity index (χ2n) is 5.36. The van der Waals surface area contributed by atoms with Gasteiger partial charge in [0.25, 0.3) is 0 Å². The van der Waals surface area contributed by atoms with Gasteiger partial charge in [0, 0.05) is 11.1 Å². The molecule has 2 aromatic carbocycles. The van der Waals surface area contributed by atoms with E-state index in [9.17, 15) is 0 Å². The topological polar surface area (TPSA) is 47.0 Å². The third-order valence-corrected chi connectivity index (χ3v) is 4.92. The normalized spacial score (nSPS) is 10.8. The maximum absolute atomic E-state index is 6.23. The largest absolute Gasteiger partial charge is 0.495 e. The average Bonchev–Trinajstić information content (AvgIpc) is 3.16. The Hall–Kier alpha value is -2.63. The van der Waals surface area contributed by atoms with Gasteiger partial charge in [0.15, 0.2) is 5.82 Å². The van der Waals surface area contributed by atoms with Crippen LogP contribution in [0, 0.1) is 0 Å². The highest BCUT2D eigenvalue weighted by atomic mass is 35.5. The summed E-state index contributed by atoms with van der Waals surface area (Å²) in [7, 11) is 1.60. The van der Waals surface area contributed by atoms with E-state index >= 15 is 0 Å². The second-order valence-corrected chi connectivity index (χ2v) is 6.72. The Balaban J connectivity index is 1.81. The number of hydrogen-bond donors (Lipinski definition) is 1. The van der Waals surface area contributed by atoms with Crippen LogP contribution in [0.5, 0.6) is 5.75 Å². The Morgan fingerprint density at radius 3 is 2.68 bits per heavy atom. The van der Waals surface area contributed by atoms with Gasteiger partial charge in [-0.25, -0.2) is 9.97 Å². The van der Waals surface area contributed by atoms with Crippen LogP contribution in [0.3, 0.4) is 0 Å². The monoisotopic (exact) mass is 367 g/mol. The number of methoxy groups -OCH3 is 1. The van der Waals surface area contributed by atoms with Crippen LogP contribution < -0.4 is 10.1 Å². The molecule has 4 nitrogen and oxygen atoms in total. The van der Waals surface area contributed by atoms with Crippen LogP contribution in [-0.4, -0.2) is 17.1 Å². The summed E-state index contributed by atoms with van der Waals surface area (Å²) in [5, 5.41) is 6.87. The van der Waals surface area contributed by atoms with Crippen molar-refractivity contribution in [2.45, 2.75) is 0 Å². The number of para-hydroxylation sites is 1. The number of rotatable bonds is 4. The SMILES string of the molecule is COc1ccc(Nc2nc(-c3cccs3)nc3ccccc23)cc1Cl. The van der Waals surface area contributed by atoms with Gasteiger partial charge in [-0.15, -0.1) is 11.3 Å². The van der Waals surface area contributed by atoms with E-state index in [1.54, 1.807) is 18.4 Å².